The predicted octanol–water partition coefficient (Wildman–Crippen LogP) is 0.0874. The minimum Gasteiger partial charge on any atom is -0.396 e. The fourth-order valence-electron chi connectivity index (χ4n) is 2.39. The third-order valence-electron chi connectivity index (χ3n) is 3.56. The molecule has 1 aromatic carbocycles. The number of amides is 2. The molecule has 5 N–H and O–H groups in total. The Balaban J connectivity index is 1.86. The summed E-state index contributed by atoms with van der Waals surface area (Å²) >= 11 is 0. The third kappa shape index (κ3) is 4.16. The van der Waals surface area contributed by atoms with E-state index in [0.717, 1.165) is 18.9 Å². The number of piperidine rings is 1. The molecular weight excluding hydrogens is 275 g/mol. The molecule has 7 heteroatoms. The Hall–Kier alpha value is -2.15. The van der Waals surface area contributed by atoms with E-state index in [4.69, 9.17) is 11.5 Å². The Kier molecular flexibility index (Phi) is 4.74. The van der Waals surface area contributed by atoms with E-state index >= 15 is 0 Å². The van der Waals surface area contributed by atoms with Gasteiger partial charge in [-0.3, -0.25) is 14.5 Å². The molecule has 0 saturated carbocycles. The topological polar surface area (TPSA) is 101 Å². The molecule has 21 heavy (non-hydrogen) atoms. The van der Waals surface area contributed by atoms with Gasteiger partial charge in [0, 0.05) is 24.7 Å². The number of carbonyl (C=O) groups excluding carboxylic acids is 2. The maximum absolute atomic E-state index is 13.3. The summed E-state index contributed by atoms with van der Waals surface area (Å²) in [6.45, 7) is 1.64. The van der Waals surface area contributed by atoms with E-state index in [1.165, 1.54) is 12.1 Å². The Morgan fingerprint density at radius 3 is 2.57 bits per heavy atom. The first-order valence-corrected chi connectivity index (χ1v) is 6.82. The van der Waals surface area contributed by atoms with Crippen LogP contribution in [0.1, 0.15) is 23.2 Å². The second kappa shape index (κ2) is 6.53. The number of halogens is 1. The molecule has 114 valence electrons. The molecule has 1 heterocycles. The molecule has 1 saturated heterocycles. The van der Waals surface area contributed by atoms with Gasteiger partial charge in [0.05, 0.1) is 12.2 Å². The number of nitrogens with two attached hydrogens (primary N) is 2. The van der Waals surface area contributed by atoms with E-state index in [1.807, 2.05) is 4.90 Å². The van der Waals surface area contributed by atoms with Gasteiger partial charge in [-0.15, -0.1) is 0 Å². The maximum atomic E-state index is 13.3. The molecule has 2 rings (SSSR count). The summed E-state index contributed by atoms with van der Waals surface area (Å²) in [4.78, 5) is 24.8. The van der Waals surface area contributed by atoms with Crippen molar-refractivity contribution in [3.63, 3.8) is 0 Å². The number of nitrogen functional groups attached to an aromatic ring is 1. The van der Waals surface area contributed by atoms with Gasteiger partial charge in [-0.05, 0) is 31.0 Å². The monoisotopic (exact) mass is 294 g/mol. The maximum Gasteiger partial charge on any atom is 0.251 e. The van der Waals surface area contributed by atoms with Crippen molar-refractivity contribution in [1.82, 2.24) is 10.2 Å². The molecule has 0 spiro atoms. The van der Waals surface area contributed by atoms with Crippen LogP contribution in [0.25, 0.3) is 0 Å². The number of carbonyl (C=O) groups is 2. The average Bonchev–Trinajstić information content (AvgIpc) is 2.43. The van der Waals surface area contributed by atoms with Crippen LogP contribution in [0.5, 0.6) is 0 Å². The van der Waals surface area contributed by atoms with Crippen LogP contribution in [-0.4, -0.2) is 42.4 Å². The lowest BCUT2D eigenvalue weighted by Gasteiger charge is -2.31. The number of nitrogens with one attached hydrogen (secondary N) is 1. The number of hydrogen-bond donors (Lipinski definition) is 3. The Bertz CT molecular complexity index is 542. The first-order valence-electron chi connectivity index (χ1n) is 6.82. The van der Waals surface area contributed by atoms with Crippen molar-refractivity contribution in [2.24, 2.45) is 5.73 Å². The standard InChI is InChI=1S/C14H19FN4O2/c15-11-7-9(1-2-12(11)16)14(21)18-10-3-5-19(6-4-10)8-13(17)20/h1-2,7,10H,3-6,8,16H2,(H2,17,20)(H,18,21). The van der Waals surface area contributed by atoms with Gasteiger partial charge in [0.1, 0.15) is 5.82 Å². The van der Waals surface area contributed by atoms with Crippen LogP contribution in [0, 0.1) is 5.82 Å². The number of anilines is 1. The second-order valence-electron chi connectivity index (χ2n) is 5.23. The molecule has 6 nitrogen and oxygen atoms in total. The zero-order chi connectivity index (χ0) is 15.4. The van der Waals surface area contributed by atoms with Crippen LogP contribution in [0.4, 0.5) is 10.1 Å². The number of rotatable bonds is 4. The van der Waals surface area contributed by atoms with Crippen LogP contribution < -0.4 is 16.8 Å². The van der Waals surface area contributed by atoms with Crippen molar-refractivity contribution in [3.05, 3.63) is 29.6 Å². The highest BCUT2D eigenvalue weighted by Gasteiger charge is 2.22. The van der Waals surface area contributed by atoms with Crippen molar-refractivity contribution >= 4 is 17.5 Å². The lowest BCUT2D eigenvalue weighted by Crippen LogP contribution is -2.46. The predicted molar refractivity (Wildman–Crippen MR) is 76.9 cm³/mol. The third-order valence-corrected chi connectivity index (χ3v) is 3.56. The highest BCUT2D eigenvalue weighted by molar-refractivity contribution is 5.94. The minimum absolute atomic E-state index is 0.0160. The molecule has 0 aliphatic carbocycles. The van der Waals surface area contributed by atoms with E-state index in [1.54, 1.807) is 0 Å². The summed E-state index contributed by atoms with van der Waals surface area (Å²) in [5, 5.41) is 2.87. The molecule has 0 radical (unpaired) electrons. The molecule has 0 unspecified atom stereocenters. The number of nitrogens with zero attached hydrogens (tertiary/aromatic N) is 1. The highest BCUT2D eigenvalue weighted by atomic mass is 19.1. The number of hydrogen-bond acceptors (Lipinski definition) is 4. The lowest BCUT2D eigenvalue weighted by atomic mass is 10.0. The quantitative estimate of drug-likeness (QED) is 0.685. The van der Waals surface area contributed by atoms with Crippen molar-refractivity contribution in [1.29, 1.82) is 0 Å². The molecule has 0 aromatic heterocycles. The first kappa shape index (κ1) is 15.2. The summed E-state index contributed by atoms with van der Waals surface area (Å²) < 4.78 is 13.3. The van der Waals surface area contributed by atoms with Crippen LogP contribution in [0.15, 0.2) is 18.2 Å². The molecule has 0 atom stereocenters. The Morgan fingerprint density at radius 1 is 1.33 bits per heavy atom. The smallest absolute Gasteiger partial charge is 0.251 e. The van der Waals surface area contributed by atoms with Crippen LogP contribution in [0.2, 0.25) is 0 Å². The van der Waals surface area contributed by atoms with E-state index in [2.05, 4.69) is 5.32 Å². The number of likely N-dealkylation sites (tertiary alicyclic amines) is 1. The molecule has 1 aromatic rings. The molecule has 0 bridgehead atoms. The Morgan fingerprint density at radius 2 is 2.00 bits per heavy atom. The molecule has 1 fully saturated rings. The summed E-state index contributed by atoms with van der Waals surface area (Å²) in [5.41, 5.74) is 10.8. The molecule has 1 aliphatic rings. The van der Waals surface area contributed by atoms with Crippen LogP contribution in [-0.2, 0) is 4.79 Å². The highest BCUT2D eigenvalue weighted by Crippen LogP contribution is 2.14. The van der Waals surface area contributed by atoms with Gasteiger partial charge < -0.3 is 16.8 Å². The van der Waals surface area contributed by atoms with E-state index in [-0.39, 0.29) is 35.7 Å². The normalized spacial score (nSPS) is 16.6. The van der Waals surface area contributed by atoms with Crippen LogP contribution in [0.3, 0.4) is 0 Å². The summed E-state index contributed by atoms with van der Waals surface area (Å²) in [7, 11) is 0. The van der Waals surface area contributed by atoms with Crippen molar-refractivity contribution < 1.29 is 14.0 Å². The average molecular weight is 294 g/mol. The largest absolute Gasteiger partial charge is 0.396 e. The SMILES string of the molecule is NC(=O)CN1CCC(NC(=O)c2ccc(N)c(F)c2)CC1. The van der Waals surface area contributed by atoms with E-state index < -0.39 is 5.82 Å². The fraction of sp³-hybridized carbons (Fsp3) is 0.429. The molecule has 1 aliphatic heterocycles. The minimum atomic E-state index is -0.598. The van der Waals surface area contributed by atoms with Gasteiger partial charge in [-0.1, -0.05) is 0 Å². The van der Waals surface area contributed by atoms with Crippen LogP contribution >= 0.6 is 0 Å². The second-order valence-corrected chi connectivity index (χ2v) is 5.23. The summed E-state index contributed by atoms with van der Waals surface area (Å²) in [6, 6.07) is 4.02. The van der Waals surface area contributed by atoms with Crippen molar-refractivity contribution in [2.45, 2.75) is 18.9 Å². The lowest BCUT2D eigenvalue weighted by molar-refractivity contribution is -0.119. The number of benzene rings is 1. The van der Waals surface area contributed by atoms with Crippen molar-refractivity contribution in [2.75, 3.05) is 25.4 Å². The van der Waals surface area contributed by atoms with Gasteiger partial charge in [0.15, 0.2) is 0 Å². The molecule has 2 amide bonds. The van der Waals surface area contributed by atoms with E-state index in [0.29, 0.717) is 13.1 Å². The fourth-order valence-corrected chi connectivity index (χ4v) is 2.39. The van der Waals surface area contributed by atoms with E-state index in [9.17, 15) is 14.0 Å². The zero-order valence-corrected chi connectivity index (χ0v) is 11.6. The summed E-state index contributed by atoms with van der Waals surface area (Å²) in [6.07, 6.45) is 1.47. The number of primary amides is 1. The zero-order valence-electron chi connectivity index (χ0n) is 11.6. The van der Waals surface area contributed by atoms with Gasteiger partial charge >= 0.3 is 0 Å². The van der Waals surface area contributed by atoms with Crippen molar-refractivity contribution in [3.8, 4) is 0 Å². The van der Waals surface area contributed by atoms with Gasteiger partial charge in [-0.25, -0.2) is 4.39 Å². The first-order chi connectivity index (χ1) is 9.95. The molecular formula is C14H19FN4O2. The van der Waals surface area contributed by atoms with Gasteiger partial charge in [-0.2, -0.15) is 0 Å². The van der Waals surface area contributed by atoms with Gasteiger partial charge in [0.2, 0.25) is 5.91 Å². The van der Waals surface area contributed by atoms with Gasteiger partial charge in [0.25, 0.3) is 5.91 Å². The summed E-state index contributed by atoms with van der Waals surface area (Å²) in [5.74, 6) is -1.27. The Labute approximate surface area is 122 Å².